The highest BCUT2D eigenvalue weighted by Gasteiger charge is 2.50. The quantitative estimate of drug-likeness (QED) is 0.710. The Morgan fingerprint density at radius 3 is 2.40 bits per heavy atom. The minimum Gasteiger partial charge on any atom is -0.359 e. The van der Waals surface area contributed by atoms with Crippen LogP contribution in [0.2, 0.25) is 5.02 Å². The number of hydrogen-bond acceptors (Lipinski definition) is 2. The first-order chi connectivity index (χ1) is 11.8. The molecule has 1 aromatic rings. The molecule has 2 nitrogen and oxygen atoms in total. The van der Waals surface area contributed by atoms with Crippen LogP contribution < -0.4 is 5.32 Å². The Hall–Kier alpha value is -0.570. The van der Waals surface area contributed by atoms with Crippen LogP contribution in [0.5, 0.6) is 0 Å². The molecule has 2 unspecified atom stereocenters. The summed E-state index contributed by atoms with van der Waals surface area (Å²) >= 11 is 6.03. The van der Waals surface area contributed by atoms with Crippen molar-refractivity contribution in [2.45, 2.75) is 77.5 Å². The lowest BCUT2D eigenvalue weighted by molar-refractivity contribution is -0.0660. The highest BCUT2D eigenvalue weighted by Crippen LogP contribution is 2.43. The smallest absolute Gasteiger partial charge is 0.120 e. The van der Waals surface area contributed by atoms with Gasteiger partial charge in [-0.25, -0.2) is 0 Å². The average molecular weight is 364 g/mol. The highest BCUT2D eigenvalue weighted by atomic mass is 35.5. The molecule has 140 valence electrons. The summed E-state index contributed by atoms with van der Waals surface area (Å²) in [6.07, 6.45) is 6.99. The predicted octanol–water partition coefficient (Wildman–Crippen LogP) is 5.83. The van der Waals surface area contributed by atoms with E-state index in [0.717, 1.165) is 49.1 Å². The van der Waals surface area contributed by atoms with Gasteiger partial charge in [0.15, 0.2) is 0 Å². The first kappa shape index (κ1) is 19.2. The number of halogens is 1. The van der Waals surface area contributed by atoms with Crippen LogP contribution in [0.25, 0.3) is 0 Å². The van der Waals surface area contributed by atoms with Crippen LogP contribution in [0.3, 0.4) is 0 Å². The van der Waals surface area contributed by atoms with Gasteiger partial charge < -0.3 is 4.74 Å². The predicted molar refractivity (Wildman–Crippen MR) is 106 cm³/mol. The highest BCUT2D eigenvalue weighted by molar-refractivity contribution is 6.30. The average Bonchev–Trinajstić information content (AvgIpc) is 2.83. The summed E-state index contributed by atoms with van der Waals surface area (Å²) in [5.41, 5.74) is 1.37. The summed E-state index contributed by atoms with van der Waals surface area (Å²) in [5.74, 6) is 2.14. The minimum absolute atomic E-state index is 0.0913. The first-order valence-electron chi connectivity index (χ1n) is 9.98. The lowest BCUT2D eigenvalue weighted by Crippen LogP contribution is -2.55. The molecular weight excluding hydrogens is 330 g/mol. The van der Waals surface area contributed by atoms with Crippen LogP contribution in [-0.4, -0.2) is 17.9 Å². The maximum absolute atomic E-state index is 6.51. The molecule has 2 aliphatic rings. The molecule has 0 amide bonds. The van der Waals surface area contributed by atoms with E-state index >= 15 is 0 Å². The van der Waals surface area contributed by atoms with E-state index < -0.39 is 0 Å². The molecule has 25 heavy (non-hydrogen) atoms. The van der Waals surface area contributed by atoms with E-state index in [-0.39, 0.29) is 11.3 Å². The topological polar surface area (TPSA) is 21.3 Å². The number of benzene rings is 1. The summed E-state index contributed by atoms with van der Waals surface area (Å²) in [6, 6.07) is 8.30. The van der Waals surface area contributed by atoms with E-state index in [1.54, 1.807) is 0 Å². The molecule has 2 fully saturated rings. The molecule has 1 saturated carbocycles. The molecule has 3 heteroatoms. The normalized spacial score (nSPS) is 35.6. The fraction of sp³-hybridized carbons (Fsp3) is 0.727. The summed E-state index contributed by atoms with van der Waals surface area (Å²) in [5, 5.41) is 4.86. The van der Waals surface area contributed by atoms with Gasteiger partial charge in [-0.2, -0.15) is 0 Å². The maximum atomic E-state index is 6.51. The van der Waals surface area contributed by atoms with Crippen molar-refractivity contribution in [1.29, 1.82) is 0 Å². The van der Waals surface area contributed by atoms with Crippen LogP contribution in [0.15, 0.2) is 24.3 Å². The molecule has 1 heterocycles. The van der Waals surface area contributed by atoms with Gasteiger partial charge in [-0.3, -0.25) is 5.32 Å². The van der Waals surface area contributed by atoms with Gasteiger partial charge in [-0.05, 0) is 74.0 Å². The second-order valence-electron chi connectivity index (χ2n) is 9.27. The lowest BCUT2D eigenvalue weighted by atomic mass is 9.77. The van der Waals surface area contributed by atoms with Crippen molar-refractivity contribution in [2.75, 3.05) is 6.61 Å². The van der Waals surface area contributed by atoms with Gasteiger partial charge in [0.2, 0.25) is 0 Å². The van der Waals surface area contributed by atoms with E-state index in [2.05, 4.69) is 45.1 Å². The van der Waals surface area contributed by atoms with Gasteiger partial charge >= 0.3 is 0 Å². The summed E-state index contributed by atoms with van der Waals surface area (Å²) in [4.78, 5) is 0. The van der Waals surface area contributed by atoms with E-state index in [1.807, 2.05) is 12.1 Å². The summed E-state index contributed by atoms with van der Waals surface area (Å²) in [7, 11) is 0. The Kier molecular flexibility index (Phi) is 5.82. The summed E-state index contributed by atoms with van der Waals surface area (Å²) < 4.78 is 6.51. The standard InChI is InChI=1S/C22H34ClNO/c1-16(2)12-21(10-9-19-5-7-20(23)8-6-19)15-25-22(24-21)13-17(3)11-18(4)14-22/h5-8,16-18,24H,9-15H2,1-4H3/t17-,18+,21?,22?. The SMILES string of the molecule is CC(C)CC1(CCc2ccc(Cl)cc2)COC2(C[C@H](C)C[C@H](C)C2)N1. The largest absolute Gasteiger partial charge is 0.359 e. The van der Waals surface area contributed by atoms with E-state index in [4.69, 9.17) is 16.3 Å². The van der Waals surface area contributed by atoms with Crippen molar-refractivity contribution in [3.8, 4) is 0 Å². The van der Waals surface area contributed by atoms with E-state index in [1.165, 1.54) is 18.4 Å². The van der Waals surface area contributed by atoms with E-state index in [9.17, 15) is 0 Å². The lowest BCUT2D eigenvalue weighted by Gasteiger charge is -2.42. The van der Waals surface area contributed by atoms with Crippen molar-refractivity contribution >= 4 is 11.6 Å². The Morgan fingerprint density at radius 1 is 1.16 bits per heavy atom. The third kappa shape index (κ3) is 4.78. The molecular formula is C22H34ClNO. The Bertz CT molecular complexity index is 560. The van der Waals surface area contributed by atoms with Gasteiger partial charge in [-0.1, -0.05) is 51.4 Å². The fourth-order valence-electron chi connectivity index (χ4n) is 5.28. The third-order valence-corrected chi connectivity index (χ3v) is 6.14. The molecule has 4 atom stereocenters. The zero-order valence-electron chi connectivity index (χ0n) is 16.3. The Labute approximate surface area is 158 Å². The number of nitrogens with one attached hydrogen (secondary N) is 1. The molecule has 1 aliphatic heterocycles. The van der Waals surface area contributed by atoms with Gasteiger partial charge in [0.05, 0.1) is 6.61 Å². The minimum atomic E-state index is -0.0913. The van der Waals surface area contributed by atoms with Crippen molar-refractivity contribution < 1.29 is 4.74 Å². The molecule has 1 aromatic carbocycles. The number of hydrogen-bond donors (Lipinski definition) is 1. The van der Waals surface area contributed by atoms with Crippen molar-refractivity contribution in [3.05, 3.63) is 34.9 Å². The maximum Gasteiger partial charge on any atom is 0.120 e. The first-order valence-corrected chi connectivity index (χ1v) is 10.4. The molecule has 0 radical (unpaired) electrons. The molecule has 1 spiro atoms. The second-order valence-corrected chi connectivity index (χ2v) is 9.70. The zero-order chi connectivity index (χ0) is 18.1. The van der Waals surface area contributed by atoms with Gasteiger partial charge in [0.25, 0.3) is 0 Å². The molecule has 1 N–H and O–H groups in total. The van der Waals surface area contributed by atoms with Crippen molar-refractivity contribution in [1.82, 2.24) is 5.32 Å². The number of rotatable bonds is 5. The molecule has 1 aliphatic carbocycles. The molecule has 1 saturated heterocycles. The van der Waals surface area contributed by atoms with Crippen LogP contribution in [-0.2, 0) is 11.2 Å². The van der Waals surface area contributed by atoms with Gasteiger partial charge in [0.1, 0.15) is 5.72 Å². The van der Waals surface area contributed by atoms with Crippen LogP contribution in [0.1, 0.15) is 65.4 Å². The second kappa shape index (κ2) is 7.58. The monoisotopic (exact) mass is 363 g/mol. The number of ether oxygens (including phenoxy) is 1. The molecule has 3 rings (SSSR count). The fourth-order valence-corrected chi connectivity index (χ4v) is 5.40. The molecule has 0 bridgehead atoms. The molecule has 0 aromatic heterocycles. The Morgan fingerprint density at radius 2 is 1.80 bits per heavy atom. The van der Waals surface area contributed by atoms with Gasteiger partial charge in [0, 0.05) is 10.6 Å². The summed E-state index contributed by atoms with van der Waals surface area (Å²) in [6.45, 7) is 10.2. The third-order valence-electron chi connectivity index (χ3n) is 5.88. The van der Waals surface area contributed by atoms with Crippen molar-refractivity contribution in [2.24, 2.45) is 17.8 Å². The Balaban J connectivity index is 1.72. The van der Waals surface area contributed by atoms with Crippen LogP contribution in [0, 0.1) is 17.8 Å². The van der Waals surface area contributed by atoms with E-state index in [0.29, 0.717) is 5.92 Å². The van der Waals surface area contributed by atoms with Crippen molar-refractivity contribution in [3.63, 3.8) is 0 Å². The van der Waals surface area contributed by atoms with Crippen LogP contribution >= 0.6 is 11.6 Å². The van der Waals surface area contributed by atoms with Gasteiger partial charge in [-0.15, -0.1) is 0 Å². The number of aryl methyl sites for hydroxylation is 1. The van der Waals surface area contributed by atoms with Crippen LogP contribution in [0.4, 0.5) is 0 Å². The zero-order valence-corrected chi connectivity index (χ0v) is 17.0.